The van der Waals surface area contributed by atoms with Gasteiger partial charge in [0.1, 0.15) is 5.52 Å². The molecule has 0 aromatic carbocycles. The Balaban J connectivity index is 2.03. The van der Waals surface area contributed by atoms with Crippen molar-refractivity contribution < 1.29 is 5.11 Å². The minimum Gasteiger partial charge on any atom is -0.396 e. The van der Waals surface area contributed by atoms with Gasteiger partial charge in [-0.1, -0.05) is 0 Å². The maximum absolute atomic E-state index is 9.19. The van der Waals surface area contributed by atoms with Gasteiger partial charge in [-0.15, -0.1) is 0 Å². The number of aliphatic hydroxyl groups is 1. The Kier molecular flexibility index (Phi) is 2.55. The van der Waals surface area contributed by atoms with Crippen LogP contribution in [0.2, 0.25) is 0 Å². The summed E-state index contributed by atoms with van der Waals surface area (Å²) in [5.41, 5.74) is 12.7. The van der Waals surface area contributed by atoms with Crippen molar-refractivity contribution in [3.8, 4) is 0 Å². The second-order valence-corrected chi connectivity index (χ2v) is 4.81. The highest BCUT2D eigenvalue weighted by Gasteiger charge is 2.27. The molecule has 1 saturated carbocycles. The molecule has 0 spiro atoms. The molecule has 0 aliphatic heterocycles. The summed E-state index contributed by atoms with van der Waals surface area (Å²) in [6, 6.07) is 0.306. The molecule has 2 atom stereocenters. The predicted molar refractivity (Wildman–Crippen MR) is 67.6 cm³/mol. The van der Waals surface area contributed by atoms with Gasteiger partial charge in [-0.3, -0.25) is 0 Å². The lowest BCUT2D eigenvalue weighted by atomic mass is 10.1. The van der Waals surface area contributed by atoms with Gasteiger partial charge in [0.25, 0.3) is 0 Å². The molecule has 0 radical (unpaired) electrons. The molecule has 2 aromatic heterocycles. The third kappa shape index (κ3) is 1.67. The van der Waals surface area contributed by atoms with E-state index in [1.165, 1.54) is 0 Å². The first kappa shape index (κ1) is 11.2. The minimum absolute atomic E-state index is 0.165. The maximum Gasteiger partial charge on any atom is 0.224 e. The van der Waals surface area contributed by atoms with Gasteiger partial charge in [-0.25, -0.2) is 4.98 Å². The van der Waals surface area contributed by atoms with Gasteiger partial charge >= 0.3 is 0 Å². The first-order valence-electron chi connectivity index (χ1n) is 6.05. The fraction of sp³-hybridized carbons (Fsp3) is 0.545. The van der Waals surface area contributed by atoms with Gasteiger partial charge in [0, 0.05) is 12.6 Å². The molecule has 1 aliphatic carbocycles. The van der Waals surface area contributed by atoms with Crippen LogP contribution < -0.4 is 11.5 Å². The number of anilines is 2. The molecule has 1 aliphatic rings. The third-order valence-corrected chi connectivity index (χ3v) is 3.63. The molecule has 2 heterocycles. The van der Waals surface area contributed by atoms with E-state index in [-0.39, 0.29) is 12.6 Å². The molecule has 3 rings (SSSR count). The second-order valence-electron chi connectivity index (χ2n) is 4.81. The van der Waals surface area contributed by atoms with E-state index < -0.39 is 0 Å². The van der Waals surface area contributed by atoms with Crippen molar-refractivity contribution in [2.75, 3.05) is 18.1 Å². The minimum atomic E-state index is 0.165. The van der Waals surface area contributed by atoms with Crippen LogP contribution in [-0.4, -0.2) is 31.2 Å². The molecule has 5 N–H and O–H groups in total. The number of nitrogens with zero attached hydrogens (tertiary/aromatic N) is 4. The van der Waals surface area contributed by atoms with Gasteiger partial charge in [-0.2, -0.15) is 9.97 Å². The summed E-state index contributed by atoms with van der Waals surface area (Å²) in [7, 11) is 0. The zero-order valence-electron chi connectivity index (χ0n) is 9.95. The Hall–Kier alpha value is -1.89. The lowest BCUT2D eigenvalue weighted by molar-refractivity contribution is 0.226. The molecular formula is C11H16N6O. The maximum atomic E-state index is 9.19. The van der Waals surface area contributed by atoms with Crippen LogP contribution in [0.3, 0.4) is 0 Å². The molecule has 0 amide bonds. The summed E-state index contributed by atoms with van der Waals surface area (Å²) in [6.07, 6.45) is 4.71. The highest BCUT2D eigenvalue weighted by Crippen LogP contribution is 2.36. The van der Waals surface area contributed by atoms with Crippen LogP contribution in [0.4, 0.5) is 11.8 Å². The smallest absolute Gasteiger partial charge is 0.224 e. The number of aromatic nitrogens is 4. The number of aliphatic hydroxyl groups excluding tert-OH is 1. The van der Waals surface area contributed by atoms with Crippen molar-refractivity contribution >= 4 is 22.9 Å². The van der Waals surface area contributed by atoms with Crippen LogP contribution in [0, 0.1) is 5.92 Å². The van der Waals surface area contributed by atoms with E-state index in [0.717, 1.165) is 19.3 Å². The highest BCUT2D eigenvalue weighted by molar-refractivity contribution is 5.82. The molecule has 1 fully saturated rings. The molecule has 96 valence electrons. The summed E-state index contributed by atoms with van der Waals surface area (Å²) < 4.78 is 2.00. The van der Waals surface area contributed by atoms with Crippen LogP contribution in [0.15, 0.2) is 6.33 Å². The third-order valence-electron chi connectivity index (χ3n) is 3.63. The van der Waals surface area contributed by atoms with E-state index in [9.17, 15) is 5.11 Å². The number of imidazole rings is 1. The molecular weight excluding hydrogens is 232 g/mol. The lowest BCUT2D eigenvalue weighted by Gasteiger charge is -2.12. The fourth-order valence-electron chi connectivity index (χ4n) is 2.69. The molecule has 18 heavy (non-hydrogen) atoms. The fourth-order valence-corrected chi connectivity index (χ4v) is 2.69. The van der Waals surface area contributed by atoms with Crippen LogP contribution in [0.1, 0.15) is 25.3 Å². The first-order valence-corrected chi connectivity index (χ1v) is 6.05. The van der Waals surface area contributed by atoms with Gasteiger partial charge in [0.15, 0.2) is 11.5 Å². The summed E-state index contributed by atoms with van der Waals surface area (Å²) in [4.78, 5) is 12.4. The van der Waals surface area contributed by atoms with Gasteiger partial charge in [0.05, 0.1) is 6.33 Å². The van der Waals surface area contributed by atoms with Crippen molar-refractivity contribution in [2.24, 2.45) is 5.92 Å². The van der Waals surface area contributed by atoms with Crippen molar-refractivity contribution in [3.05, 3.63) is 6.33 Å². The van der Waals surface area contributed by atoms with E-state index in [1.807, 2.05) is 4.57 Å². The standard InChI is InChI=1S/C11H16N6O/c12-9-8-10(16-11(13)15-9)17(5-14-8)7-2-1-6(3-7)4-18/h5-7,18H,1-4H2,(H4,12,13,15,16)/t6-,7+/m1/s1. The monoisotopic (exact) mass is 248 g/mol. The number of hydrogen-bond acceptors (Lipinski definition) is 6. The average molecular weight is 248 g/mol. The lowest BCUT2D eigenvalue weighted by Crippen LogP contribution is -2.08. The summed E-state index contributed by atoms with van der Waals surface area (Å²) in [5, 5.41) is 9.19. The topological polar surface area (TPSA) is 116 Å². The summed E-state index contributed by atoms with van der Waals surface area (Å²) in [5.74, 6) is 0.843. The summed E-state index contributed by atoms with van der Waals surface area (Å²) in [6.45, 7) is 0.238. The van der Waals surface area contributed by atoms with Crippen molar-refractivity contribution in [1.29, 1.82) is 0 Å². The van der Waals surface area contributed by atoms with E-state index in [2.05, 4.69) is 15.0 Å². The molecule has 0 saturated heterocycles. The van der Waals surface area contributed by atoms with Gasteiger partial charge < -0.3 is 21.1 Å². The van der Waals surface area contributed by atoms with E-state index >= 15 is 0 Å². The molecule has 2 aromatic rings. The van der Waals surface area contributed by atoms with E-state index in [1.54, 1.807) is 6.33 Å². The number of nitrogen functional groups attached to an aromatic ring is 2. The Morgan fingerprint density at radius 2 is 2.17 bits per heavy atom. The molecule has 0 unspecified atom stereocenters. The van der Waals surface area contributed by atoms with Crippen LogP contribution in [0.25, 0.3) is 11.2 Å². The van der Waals surface area contributed by atoms with Crippen molar-refractivity contribution in [2.45, 2.75) is 25.3 Å². The second kappa shape index (κ2) is 4.09. The zero-order valence-corrected chi connectivity index (χ0v) is 9.95. The highest BCUT2D eigenvalue weighted by atomic mass is 16.3. The largest absolute Gasteiger partial charge is 0.396 e. The van der Waals surface area contributed by atoms with Gasteiger partial charge in [0.2, 0.25) is 5.95 Å². The van der Waals surface area contributed by atoms with Crippen molar-refractivity contribution in [1.82, 2.24) is 19.5 Å². The quantitative estimate of drug-likeness (QED) is 0.705. The predicted octanol–water partition coefficient (Wildman–Crippen LogP) is 0.324. The molecule has 7 heteroatoms. The number of hydrogen-bond donors (Lipinski definition) is 3. The number of rotatable bonds is 2. The average Bonchev–Trinajstić information content (AvgIpc) is 2.93. The zero-order chi connectivity index (χ0) is 12.7. The number of fused-ring (bicyclic) bond motifs is 1. The Labute approximate surface area is 104 Å². The number of nitrogens with two attached hydrogens (primary N) is 2. The van der Waals surface area contributed by atoms with E-state index in [0.29, 0.717) is 28.9 Å². The molecule has 7 nitrogen and oxygen atoms in total. The SMILES string of the molecule is Nc1nc(N)c2ncn([C@H]3CC[C@@H](CO)C3)c2n1. The summed E-state index contributed by atoms with van der Waals surface area (Å²) >= 11 is 0. The Bertz CT molecular complexity index is 580. The Morgan fingerprint density at radius 3 is 2.89 bits per heavy atom. The van der Waals surface area contributed by atoms with Crippen LogP contribution in [-0.2, 0) is 0 Å². The van der Waals surface area contributed by atoms with Crippen LogP contribution >= 0.6 is 0 Å². The Morgan fingerprint density at radius 1 is 1.33 bits per heavy atom. The van der Waals surface area contributed by atoms with Crippen LogP contribution in [0.5, 0.6) is 0 Å². The van der Waals surface area contributed by atoms with Crippen molar-refractivity contribution in [3.63, 3.8) is 0 Å². The molecule has 0 bridgehead atoms. The van der Waals surface area contributed by atoms with E-state index in [4.69, 9.17) is 11.5 Å². The normalized spacial score (nSPS) is 23.8. The first-order chi connectivity index (χ1) is 8.69. The van der Waals surface area contributed by atoms with Gasteiger partial charge in [-0.05, 0) is 25.2 Å².